The second kappa shape index (κ2) is 4.04. The monoisotopic (exact) mass is 278 g/mol. The van der Waals surface area contributed by atoms with E-state index in [2.05, 4.69) is 0 Å². The molecule has 0 fully saturated rings. The van der Waals surface area contributed by atoms with Crippen LogP contribution < -0.4 is 0 Å². The minimum atomic E-state index is -5.70. The van der Waals surface area contributed by atoms with E-state index >= 15 is 0 Å². The fraction of sp³-hybridized carbons (Fsp3) is 0.333. The molecule has 0 heterocycles. The quantitative estimate of drug-likeness (QED) is 0.637. The van der Waals surface area contributed by atoms with E-state index in [0.717, 1.165) is 6.07 Å². The van der Waals surface area contributed by atoms with Crippen molar-refractivity contribution < 1.29 is 22.0 Å². The zero-order chi connectivity index (χ0) is 12.7. The summed E-state index contributed by atoms with van der Waals surface area (Å²) >= 11 is 10.8. The molecule has 0 nitrogen and oxygen atoms in total. The van der Waals surface area contributed by atoms with Gasteiger partial charge in [0.05, 0.1) is 10.6 Å². The molecular weight excluding hydrogens is 274 g/mol. The predicted octanol–water partition coefficient (Wildman–Crippen LogP) is 4.96. The molecule has 0 saturated heterocycles. The van der Waals surface area contributed by atoms with Gasteiger partial charge in [-0.3, -0.25) is 0 Å². The number of rotatable bonds is 1. The number of alkyl halides is 5. The van der Waals surface area contributed by atoms with E-state index in [1.807, 2.05) is 0 Å². The van der Waals surface area contributed by atoms with Gasteiger partial charge in [-0.1, -0.05) is 23.2 Å². The second-order valence-corrected chi connectivity index (χ2v) is 3.97. The smallest absolute Gasteiger partial charge is 0.191 e. The summed E-state index contributed by atoms with van der Waals surface area (Å²) in [7, 11) is 0. The topological polar surface area (TPSA) is 0 Å². The van der Waals surface area contributed by atoms with E-state index in [-0.39, 0.29) is 5.02 Å². The Labute approximate surface area is 98.0 Å². The average molecular weight is 279 g/mol. The Bertz CT molecular complexity index is 411. The van der Waals surface area contributed by atoms with Crippen molar-refractivity contribution in [1.29, 1.82) is 0 Å². The van der Waals surface area contributed by atoms with E-state index in [0.29, 0.717) is 11.6 Å². The molecular formula is C9H5Cl2F5. The molecule has 0 atom stereocenters. The molecule has 1 rings (SSSR count). The Morgan fingerprint density at radius 2 is 1.44 bits per heavy atom. The van der Waals surface area contributed by atoms with Crippen LogP contribution in [0.25, 0.3) is 0 Å². The molecule has 1 aromatic carbocycles. The minimum Gasteiger partial charge on any atom is -0.191 e. The first-order valence-corrected chi connectivity index (χ1v) is 4.73. The van der Waals surface area contributed by atoms with Crippen molar-refractivity contribution in [3.8, 4) is 0 Å². The number of hydrogen-bond acceptors (Lipinski definition) is 0. The van der Waals surface area contributed by atoms with E-state index < -0.39 is 22.7 Å². The van der Waals surface area contributed by atoms with Gasteiger partial charge < -0.3 is 0 Å². The molecule has 90 valence electrons. The van der Waals surface area contributed by atoms with Gasteiger partial charge in [-0.25, -0.2) is 0 Å². The van der Waals surface area contributed by atoms with Crippen LogP contribution in [0, 0.1) is 6.92 Å². The average Bonchev–Trinajstić information content (AvgIpc) is 2.09. The van der Waals surface area contributed by atoms with Crippen molar-refractivity contribution >= 4 is 23.2 Å². The Morgan fingerprint density at radius 1 is 0.938 bits per heavy atom. The van der Waals surface area contributed by atoms with Crippen LogP contribution in [-0.4, -0.2) is 6.18 Å². The molecule has 0 aliphatic rings. The lowest BCUT2D eigenvalue weighted by atomic mass is 10.1. The molecule has 16 heavy (non-hydrogen) atoms. The van der Waals surface area contributed by atoms with Crippen LogP contribution in [0.5, 0.6) is 0 Å². The Kier molecular flexibility index (Phi) is 3.41. The molecule has 0 bridgehead atoms. The maximum absolute atomic E-state index is 13.0. The lowest BCUT2D eigenvalue weighted by molar-refractivity contribution is -0.289. The summed E-state index contributed by atoms with van der Waals surface area (Å²) in [6.07, 6.45) is -5.70. The van der Waals surface area contributed by atoms with Crippen LogP contribution in [-0.2, 0) is 5.92 Å². The zero-order valence-corrected chi connectivity index (χ0v) is 9.31. The molecule has 7 heteroatoms. The standard InChI is InChI=1S/C9H5Cl2F5/c1-4-2-7(11)5(3-6(4)10)8(12,13)9(14,15)16/h2-3H,1H3. The molecule has 0 aliphatic carbocycles. The molecule has 0 aliphatic heterocycles. The highest BCUT2D eigenvalue weighted by molar-refractivity contribution is 6.34. The largest absolute Gasteiger partial charge is 0.458 e. The molecule has 0 N–H and O–H groups in total. The summed E-state index contributed by atoms with van der Waals surface area (Å²) in [4.78, 5) is 0. The fourth-order valence-corrected chi connectivity index (χ4v) is 1.54. The summed E-state index contributed by atoms with van der Waals surface area (Å²) in [5.74, 6) is -5.01. The van der Waals surface area contributed by atoms with Crippen LogP contribution in [0.4, 0.5) is 22.0 Å². The summed E-state index contributed by atoms with van der Waals surface area (Å²) in [5, 5.41) is -0.854. The van der Waals surface area contributed by atoms with Gasteiger partial charge in [0.1, 0.15) is 0 Å². The molecule has 0 unspecified atom stereocenters. The zero-order valence-electron chi connectivity index (χ0n) is 7.80. The Morgan fingerprint density at radius 3 is 1.88 bits per heavy atom. The third-order valence-corrected chi connectivity index (χ3v) is 2.66. The van der Waals surface area contributed by atoms with Gasteiger partial charge in [-0.05, 0) is 24.6 Å². The fourth-order valence-electron chi connectivity index (χ4n) is 1.04. The maximum Gasteiger partial charge on any atom is 0.458 e. The van der Waals surface area contributed by atoms with E-state index in [4.69, 9.17) is 23.2 Å². The normalized spacial score (nSPS) is 13.0. The summed E-state index contributed by atoms with van der Waals surface area (Å²) in [6.45, 7) is 1.45. The highest BCUT2D eigenvalue weighted by Crippen LogP contribution is 2.47. The van der Waals surface area contributed by atoms with Crippen LogP contribution in [0.2, 0.25) is 10.0 Å². The van der Waals surface area contributed by atoms with Gasteiger partial charge in [0.15, 0.2) is 0 Å². The Balaban J connectivity index is 3.39. The van der Waals surface area contributed by atoms with Crippen molar-refractivity contribution in [2.45, 2.75) is 19.0 Å². The van der Waals surface area contributed by atoms with Gasteiger partial charge in [0.2, 0.25) is 0 Å². The third-order valence-electron chi connectivity index (χ3n) is 1.94. The van der Waals surface area contributed by atoms with E-state index in [9.17, 15) is 22.0 Å². The molecule has 1 aromatic rings. The van der Waals surface area contributed by atoms with E-state index in [1.54, 1.807) is 0 Å². The highest BCUT2D eigenvalue weighted by atomic mass is 35.5. The van der Waals surface area contributed by atoms with Crippen molar-refractivity contribution in [2.75, 3.05) is 0 Å². The van der Waals surface area contributed by atoms with Crippen molar-refractivity contribution in [3.63, 3.8) is 0 Å². The summed E-state index contributed by atoms with van der Waals surface area (Å²) < 4.78 is 62.2. The molecule has 0 aromatic heterocycles. The first kappa shape index (κ1) is 13.5. The van der Waals surface area contributed by atoms with Crippen LogP contribution >= 0.6 is 23.2 Å². The summed E-state index contributed by atoms with van der Waals surface area (Å²) in [5.41, 5.74) is -1.01. The molecule has 0 spiro atoms. The van der Waals surface area contributed by atoms with Crippen LogP contribution in [0.3, 0.4) is 0 Å². The highest BCUT2D eigenvalue weighted by Gasteiger charge is 2.59. The first-order chi connectivity index (χ1) is 7.07. The van der Waals surface area contributed by atoms with Crippen LogP contribution in [0.1, 0.15) is 11.1 Å². The molecule has 0 saturated carbocycles. The molecule has 0 radical (unpaired) electrons. The summed E-state index contributed by atoms with van der Waals surface area (Å²) in [6, 6.07) is 1.51. The lowest BCUT2D eigenvalue weighted by Gasteiger charge is -2.21. The maximum atomic E-state index is 13.0. The molecule has 0 amide bonds. The second-order valence-electron chi connectivity index (χ2n) is 3.15. The minimum absolute atomic E-state index is 0.191. The number of aryl methyl sites for hydroxylation is 1. The van der Waals surface area contributed by atoms with Gasteiger partial charge in [-0.15, -0.1) is 0 Å². The number of halogens is 7. The Hall–Kier alpha value is -0.550. The van der Waals surface area contributed by atoms with Crippen molar-refractivity contribution in [2.24, 2.45) is 0 Å². The van der Waals surface area contributed by atoms with Crippen molar-refractivity contribution in [3.05, 3.63) is 33.3 Å². The van der Waals surface area contributed by atoms with Gasteiger partial charge in [0, 0.05) is 5.02 Å². The third kappa shape index (κ3) is 2.25. The number of hydrogen-bond donors (Lipinski definition) is 0. The van der Waals surface area contributed by atoms with Crippen LogP contribution in [0.15, 0.2) is 12.1 Å². The van der Waals surface area contributed by atoms with Gasteiger partial charge >= 0.3 is 12.1 Å². The van der Waals surface area contributed by atoms with E-state index in [1.165, 1.54) is 6.92 Å². The van der Waals surface area contributed by atoms with Gasteiger partial charge in [-0.2, -0.15) is 22.0 Å². The van der Waals surface area contributed by atoms with Gasteiger partial charge in [0.25, 0.3) is 0 Å². The SMILES string of the molecule is Cc1cc(Cl)c(C(F)(F)C(F)(F)F)cc1Cl. The lowest BCUT2D eigenvalue weighted by Crippen LogP contribution is -2.34. The number of benzene rings is 1. The predicted molar refractivity (Wildman–Crippen MR) is 51.1 cm³/mol. The first-order valence-electron chi connectivity index (χ1n) is 3.98. The van der Waals surface area contributed by atoms with Crippen molar-refractivity contribution in [1.82, 2.24) is 0 Å².